The molecule has 106 valence electrons. The summed E-state index contributed by atoms with van der Waals surface area (Å²) in [6.07, 6.45) is 0.697. The van der Waals surface area contributed by atoms with Crippen LogP contribution in [0.2, 0.25) is 0 Å². The molecular weight excluding hydrogens is 274 g/mol. The lowest BCUT2D eigenvalue weighted by Crippen LogP contribution is -2.14. The summed E-state index contributed by atoms with van der Waals surface area (Å²) >= 11 is 1.24. The standard InChI is InChI=1S/C14H17N3O2S/c1-4-13-16-17-14(19-13)20-8-12(18)15-11-7-9(2)5-6-10(11)3/h5-7H,4,8H2,1-3H3,(H,15,18). The zero-order valence-electron chi connectivity index (χ0n) is 11.8. The molecule has 0 fully saturated rings. The van der Waals surface area contributed by atoms with E-state index in [0.29, 0.717) is 17.5 Å². The van der Waals surface area contributed by atoms with Gasteiger partial charge in [0.2, 0.25) is 11.8 Å². The third-order valence-corrected chi connectivity index (χ3v) is 3.56. The number of nitrogens with one attached hydrogen (secondary N) is 1. The molecule has 20 heavy (non-hydrogen) atoms. The summed E-state index contributed by atoms with van der Waals surface area (Å²) < 4.78 is 5.34. The SMILES string of the molecule is CCc1nnc(SCC(=O)Nc2cc(C)ccc2C)o1. The number of carbonyl (C=O) groups is 1. The van der Waals surface area contributed by atoms with Crippen LogP contribution in [0, 0.1) is 13.8 Å². The van der Waals surface area contributed by atoms with Gasteiger partial charge in [-0.05, 0) is 31.0 Å². The van der Waals surface area contributed by atoms with Crippen LogP contribution >= 0.6 is 11.8 Å². The molecule has 2 rings (SSSR count). The second-order valence-electron chi connectivity index (χ2n) is 4.47. The Morgan fingerprint density at radius 2 is 2.15 bits per heavy atom. The van der Waals surface area contributed by atoms with Crippen LogP contribution < -0.4 is 5.32 Å². The van der Waals surface area contributed by atoms with Gasteiger partial charge >= 0.3 is 0 Å². The average Bonchev–Trinajstić information content (AvgIpc) is 2.89. The number of aromatic nitrogens is 2. The monoisotopic (exact) mass is 291 g/mol. The van der Waals surface area contributed by atoms with Gasteiger partial charge in [0, 0.05) is 12.1 Å². The summed E-state index contributed by atoms with van der Waals surface area (Å²) in [4.78, 5) is 11.9. The maximum absolute atomic E-state index is 11.9. The van der Waals surface area contributed by atoms with Gasteiger partial charge in [0.1, 0.15) is 0 Å². The normalized spacial score (nSPS) is 10.6. The van der Waals surface area contributed by atoms with E-state index in [9.17, 15) is 4.79 Å². The molecule has 0 aliphatic rings. The average molecular weight is 291 g/mol. The van der Waals surface area contributed by atoms with Crippen molar-refractivity contribution in [2.75, 3.05) is 11.1 Å². The van der Waals surface area contributed by atoms with Gasteiger partial charge in [-0.2, -0.15) is 0 Å². The Bertz CT molecular complexity index is 610. The molecule has 0 aliphatic carbocycles. The summed E-state index contributed by atoms with van der Waals surface area (Å²) in [7, 11) is 0. The number of aryl methyl sites for hydroxylation is 3. The third-order valence-electron chi connectivity index (χ3n) is 2.74. The molecule has 6 heteroatoms. The van der Waals surface area contributed by atoms with Crippen molar-refractivity contribution in [1.29, 1.82) is 0 Å². The van der Waals surface area contributed by atoms with Crippen LogP contribution in [-0.4, -0.2) is 21.9 Å². The van der Waals surface area contributed by atoms with Gasteiger partial charge in [-0.25, -0.2) is 0 Å². The molecule has 1 amide bonds. The molecule has 0 bridgehead atoms. The molecule has 0 saturated carbocycles. The smallest absolute Gasteiger partial charge is 0.277 e. The van der Waals surface area contributed by atoms with Crippen molar-refractivity contribution in [1.82, 2.24) is 10.2 Å². The number of anilines is 1. The van der Waals surface area contributed by atoms with E-state index >= 15 is 0 Å². The van der Waals surface area contributed by atoms with Gasteiger partial charge in [-0.15, -0.1) is 10.2 Å². The van der Waals surface area contributed by atoms with Crippen LogP contribution in [0.3, 0.4) is 0 Å². The highest BCUT2D eigenvalue weighted by Crippen LogP contribution is 2.19. The quantitative estimate of drug-likeness (QED) is 0.858. The molecule has 2 aromatic rings. The van der Waals surface area contributed by atoms with Gasteiger partial charge in [-0.3, -0.25) is 4.79 Å². The summed E-state index contributed by atoms with van der Waals surface area (Å²) in [5, 5.41) is 11.0. The minimum absolute atomic E-state index is 0.0834. The Hall–Kier alpha value is -1.82. The molecule has 0 spiro atoms. The van der Waals surface area contributed by atoms with Crippen LogP contribution in [0.4, 0.5) is 5.69 Å². The Morgan fingerprint density at radius 3 is 2.85 bits per heavy atom. The number of thioether (sulfide) groups is 1. The predicted molar refractivity (Wildman–Crippen MR) is 78.9 cm³/mol. The van der Waals surface area contributed by atoms with E-state index in [4.69, 9.17) is 4.42 Å². The van der Waals surface area contributed by atoms with E-state index in [2.05, 4.69) is 15.5 Å². The highest BCUT2D eigenvalue weighted by atomic mass is 32.2. The van der Waals surface area contributed by atoms with E-state index < -0.39 is 0 Å². The van der Waals surface area contributed by atoms with Crippen LogP contribution in [0.15, 0.2) is 27.8 Å². The second-order valence-corrected chi connectivity index (χ2v) is 5.40. The predicted octanol–water partition coefficient (Wildman–Crippen LogP) is 2.98. The number of hydrogen-bond acceptors (Lipinski definition) is 5. The molecule has 1 heterocycles. The first-order valence-electron chi connectivity index (χ1n) is 6.40. The molecule has 0 aliphatic heterocycles. The Kier molecular flexibility index (Phi) is 4.79. The number of carbonyl (C=O) groups excluding carboxylic acids is 1. The van der Waals surface area contributed by atoms with Gasteiger partial charge < -0.3 is 9.73 Å². The molecule has 0 atom stereocenters. The molecule has 1 N–H and O–H groups in total. The van der Waals surface area contributed by atoms with E-state index in [1.807, 2.05) is 39.0 Å². The van der Waals surface area contributed by atoms with Gasteiger partial charge in [0.15, 0.2) is 0 Å². The Morgan fingerprint density at radius 1 is 1.35 bits per heavy atom. The van der Waals surface area contributed by atoms with Crippen molar-refractivity contribution in [2.24, 2.45) is 0 Å². The largest absolute Gasteiger partial charge is 0.416 e. The maximum atomic E-state index is 11.9. The minimum Gasteiger partial charge on any atom is -0.416 e. The topological polar surface area (TPSA) is 68.0 Å². The van der Waals surface area contributed by atoms with Crippen LogP contribution in [0.5, 0.6) is 0 Å². The summed E-state index contributed by atoms with van der Waals surface area (Å²) in [5.74, 6) is 0.751. The van der Waals surface area contributed by atoms with Crippen molar-refractivity contribution in [3.63, 3.8) is 0 Å². The van der Waals surface area contributed by atoms with Gasteiger partial charge in [0.25, 0.3) is 5.22 Å². The summed E-state index contributed by atoms with van der Waals surface area (Å²) in [5.41, 5.74) is 3.00. The summed E-state index contributed by atoms with van der Waals surface area (Å²) in [6.45, 7) is 5.90. The fourth-order valence-corrected chi connectivity index (χ4v) is 2.20. The minimum atomic E-state index is -0.0834. The molecule has 5 nitrogen and oxygen atoms in total. The Balaban J connectivity index is 1.90. The highest BCUT2D eigenvalue weighted by Gasteiger charge is 2.10. The first-order valence-corrected chi connectivity index (χ1v) is 7.39. The number of rotatable bonds is 5. The molecular formula is C14H17N3O2S. The first-order chi connectivity index (χ1) is 9.58. The van der Waals surface area contributed by atoms with Crippen LogP contribution in [0.1, 0.15) is 23.9 Å². The Labute approximate surface area is 122 Å². The lowest BCUT2D eigenvalue weighted by molar-refractivity contribution is -0.113. The number of nitrogens with zero attached hydrogens (tertiary/aromatic N) is 2. The number of amides is 1. The van der Waals surface area contributed by atoms with E-state index in [0.717, 1.165) is 16.8 Å². The number of hydrogen-bond donors (Lipinski definition) is 1. The highest BCUT2D eigenvalue weighted by molar-refractivity contribution is 7.99. The van der Waals surface area contributed by atoms with Crippen molar-refractivity contribution >= 4 is 23.4 Å². The van der Waals surface area contributed by atoms with Crippen molar-refractivity contribution in [3.8, 4) is 0 Å². The van der Waals surface area contributed by atoms with Crippen LogP contribution in [-0.2, 0) is 11.2 Å². The molecule has 1 aromatic heterocycles. The van der Waals surface area contributed by atoms with Crippen molar-refractivity contribution < 1.29 is 9.21 Å². The van der Waals surface area contributed by atoms with Gasteiger partial charge in [0.05, 0.1) is 5.75 Å². The number of benzene rings is 1. The zero-order valence-corrected chi connectivity index (χ0v) is 12.6. The van der Waals surface area contributed by atoms with Crippen molar-refractivity contribution in [3.05, 3.63) is 35.2 Å². The summed E-state index contributed by atoms with van der Waals surface area (Å²) in [6, 6.07) is 5.97. The van der Waals surface area contributed by atoms with Crippen LogP contribution in [0.25, 0.3) is 0 Å². The maximum Gasteiger partial charge on any atom is 0.277 e. The fourth-order valence-electron chi connectivity index (χ4n) is 1.62. The van der Waals surface area contributed by atoms with E-state index in [-0.39, 0.29) is 11.7 Å². The van der Waals surface area contributed by atoms with Crippen molar-refractivity contribution in [2.45, 2.75) is 32.4 Å². The second kappa shape index (κ2) is 6.56. The fraction of sp³-hybridized carbons (Fsp3) is 0.357. The zero-order chi connectivity index (χ0) is 14.5. The third kappa shape index (κ3) is 3.84. The van der Waals surface area contributed by atoms with Gasteiger partial charge in [-0.1, -0.05) is 30.8 Å². The lowest BCUT2D eigenvalue weighted by Gasteiger charge is -2.08. The molecule has 1 aromatic carbocycles. The van der Waals surface area contributed by atoms with E-state index in [1.54, 1.807) is 0 Å². The molecule has 0 unspecified atom stereocenters. The first kappa shape index (κ1) is 14.6. The lowest BCUT2D eigenvalue weighted by atomic mass is 10.1. The van der Waals surface area contributed by atoms with E-state index in [1.165, 1.54) is 11.8 Å². The molecule has 0 radical (unpaired) electrons. The molecule has 0 saturated heterocycles.